The fraction of sp³-hybridized carbons (Fsp3) is 0.0833. The Morgan fingerprint density at radius 1 is 1.05 bits per heavy atom. The van der Waals surface area contributed by atoms with Crippen LogP contribution >= 0.6 is 0 Å². The fourth-order valence-corrected chi connectivity index (χ4v) is 1.43. The summed E-state index contributed by atoms with van der Waals surface area (Å²) in [5.41, 5.74) is 4.00. The standard InChI is InChI=1S/C12H7F5N2O/c13-7-5-8(14)11(19-10(7)18)20-9-4-2-1-3-6(9)12(15,16)17/h1-5H,(H2,18,19). The second-order valence-corrected chi connectivity index (χ2v) is 3.74. The molecule has 0 amide bonds. The van der Waals surface area contributed by atoms with E-state index in [0.29, 0.717) is 6.07 Å². The van der Waals surface area contributed by atoms with Crippen LogP contribution in [0, 0.1) is 11.6 Å². The minimum Gasteiger partial charge on any atom is -0.436 e. The van der Waals surface area contributed by atoms with E-state index in [1.807, 2.05) is 0 Å². The molecule has 2 rings (SSSR count). The number of benzene rings is 1. The number of ether oxygens (including phenoxy) is 1. The molecular formula is C12H7F5N2O. The number of nitrogen functional groups attached to an aromatic ring is 1. The number of rotatable bonds is 2. The van der Waals surface area contributed by atoms with Crippen molar-refractivity contribution in [3.05, 3.63) is 47.5 Å². The van der Waals surface area contributed by atoms with Crippen LogP contribution in [0.2, 0.25) is 0 Å². The molecule has 0 fully saturated rings. The van der Waals surface area contributed by atoms with Gasteiger partial charge < -0.3 is 10.5 Å². The third-order valence-corrected chi connectivity index (χ3v) is 2.32. The van der Waals surface area contributed by atoms with Crippen LogP contribution in [0.4, 0.5) is 27.8 Å². The second-order valence-electron chi connectivity index (χ2n) is 3.74. The molecule has 0 spiro atoms. The van der Waals surface area contributed by atoms with Gasteiger partial charge in [0.2, 0.25) is 0 Å². The molecule has 0 atom stereocenters. The number of pyridine rings is 1. The molecule has 0 saturated heterocycles. The average molecular weight is 290 g/mol. The molecule has 0 unspecified atom stereocenters. The first-order chi connectivity index (χ1) is 9.29. The number of anilines is 1. The molecule has 2 N–H and O–H groups in total. The van der Waals surface area contributed by atoms with Gasteiger partial charge in [0.25, 0.3) is 5.88 Å². The molecule has 20 heavy (non-hydrogen) atoms. The maximum absolute atomic E-state index is 13.4. The van der Waals surface area contributed by atoms with Crippen molar-refractivity contribution in [1.29, 1.82) is 0 Å². The molecule has 0 saturated carbocycles. The largest absolute Gasteiger partial charge is 0.436 e. The van der Waals surface area contributed by atoms with Crippen LogP contribution in [0.5, 0.6) is 11.6 Å². The van der Waals surface area contributed by atoms with E-state index in [2.05, 4.69) is 4.98 Å². The lowest BCUT2D eigenvalue weighted by molar-refractivity contribution is -0.138. The Morgan fingerprint density at radius 3 is 2.35 bits per heavy atom. The van der Waals surface area contributed by atoms with Crippen molar-refractivity contribution < 1.29 is 26.7 Å². The zero-order chi connectivity index (χ0) is 14.9. The van der Waals surface area contributed by atoms with Gasteiger partial charge in [0.1, 0.15) is 5.75 Å². The first kappa shape index (κ1) is 14.0. The molecule has 0 aliphatic rings. The Morgan fingerprint density at radius 2 is 1.70 bits per heavy atom. The SMILES string of the molecule is Nc1nc(Oc2ccccc2C(F)(F)F)c(F)cc1F. The van der Waals surface area contributed by atoms with Crippen molar-refractivity contribution in [2.45, 2.75) is 6.18 Å². The van der Waals surface area contributed by atoms with Crippen LogP contribution in [0.1, 0.15) is 5.56 Å². The topological polar surface area (TPSA) is 48.1 Å². The summed E-state index contributed by atoms with van der Waals surface area (Å²) in [4.78, 5) is 3.23. The Balaban J connectivity index is 2.43. The molecule has 0 bridgehead atoms. The lowest BCUT2D eigenvalue weighted by atomic mass is 10.2. The van der Waals surface area contributed by atoms with E-state index in [9.17, 15) is 22.0 Å². The Hall–Kier alpha value is -2.38. The zero-order valence-electron chi connectivity index (χ0n) is 9.71. The van der Waals surface area contributed by atoms with Crippen molar-refractivity contribution in [2.24, 2.45) is 0 Å². The van der Waals surface area contributed by atoms with Gasteiger partial charge in [0.15, 0.2) is 17.5 Å². The lowest BCUT2D eigenvalue weighted by Gasteiger charge is -2.13. The number of aromatic nitrogens is 1. The van der Waals surface area contributed by atoms with Gasteiger partial charge in [-0.25, -0.2) is 8.78 Å². The maximum Gasteiger partial charge on any atom is 0.419 e. The molecule has 1 heterocycles. The minimum absolute atomic E-state index is 0.383. The number of nitrogens with two attached hydrogens (primary N) is 1. The molecule has 2 aromatic rings. The predicted octanol–water partition coefficient (Wildman–Crippen LogP) is 3.75. The van der Waals surface area contributed by atoms with Crippen LogP contribution < -0.4 is 10.5 Å². The number of para-hydroxylation sites is 1. The van der Waals surface area contributed by atoms with Crippen LogP contribution in [0.15, 0.2) is 30.3 Å². The molecule has 3 nitrogen and oxygen atoms in total. The summed E-state index contributed by atoms with van der Waals surface area (Å²) in [5.74, 6) is -4.54. The van der Waals surface area contributed by atoms with Gasteiger partial charge in [-0.3, -0.25) is 0 Å². The quantitative estimate of drug-likeness (QED) is 0.857. The smallest absolute Gasteiger partial charge is 0.419 e. The molecule has 8 heteroatoms. The minimum atomic E-state index is -4.68. The Labute approximate surface area is 109 Å². The van der Waals surface area contributed by atoms with E-state index < -0.39 is 40.8 Å². The van der Waals surface area contributed by atoms with Gasteiger partial charge >= 0.3 is 6.18 Å². The summed E-state index contributed by atoms with van der Waals surface area (Å²) >= 11 is 0. The highest BCUT2D eigenvalue weighted by atomic mass is 19.4. The Kier molecular flexibility index (Phi) is 3.47. The van der Waals surface area contributed by atoms with E-state index in [-0.39, 0.29) is 0 Å². The fourth-order valence-electron chi connectivity index (χ4n) is 1.43. The zero-order valence-corrected chi connectivity index (χ0v) is 9.71. The number of halogens is 5. The van der Waals surface area contributed by atoms with Crippen LogP contribution in [0.3, 0.4) is 0 Å². The average Bonchev–Trinajstić information content (AvgIpc) is 2.35. The van der Waals surface area contributed by atoms with E-state index in [1.165, 1.54) is 6.07 Å². The van der Waals surface area contributed by atoms with E-state index in [1.54, 1.807) is 0 Å². The van der Waals surface area contributed by atoms with E-state index in [4.69, 9.17) is 10.5 Å². The molecular weight excluding hydrogens is 283 g/mol. The van der Waals surface area contributed by atoms with Gasteiger partial charge in [-0.1, -0.05) is 12.1 Å². The Bertz CT molecular complexity index is 642. The first-order valence-corrected chi connectivity index (χ1v) is 5.24. The maximum atomic E-state index is 13.4. The highest BCUT2D eigenvalue weighted by Gasteiger charge is 2.34. The summed E-state index contributed by atoms with van der Waals surface area (Å²) in [6, 6.07) is 4.56. The molecule has 1 aromatic heterocycles. The molecule has 0 aliphatic carbocycles. The van der Waals surface area contributed by atoms with Crippen molar-refractivity contribution in [3.63, 3.8) is 0 Å². The molecule has 0 aliphatic heterocycles. The van der Waals surface area contributed by atoms with Crippen molar-refractivity contribution in [3.8, 4) is 11.6 Å². The number of hydrogen-bond donors (Lipinski definition) is 1. The highest BCUT2D eigenvalue weighted by Crippen LogP contribution is 2.38. The van der Waals surface area contributed by atoms with Crippen molar-refractivity contribution >= 4 is 5.82 Å². The van der Waals surface area contributed by atoms with E-state index >= 15 is 0 Å². The molecule has 0 radical (unpaired) electrons. The van der Waals surface area contributed by atoms with E-state index in [0.717, 1.165) is 18.2 Å². The van der Waals surface area contributed by atoms with Gasteiger partial charge in [0.05, 0.1) is 5.56 Å². The normalized spacial score (nSPS) is 11.4. The van der Waals surface area contributed by atoms with Gasteiger partial charge in [-0.05, 0) is 12.1 Å². The van der Waals surface area contributed by atoms with Crippen LogP contribution in [-0.2, 0) is 6.18 Å². The summed E-state index contributed by atoms with van der Waals surface area (Å²) in [5, 5.41) is 0. The van der Waals surface area contributed by atoms with Gasteiger partial charge in [-0.2, -0.15) is 18.2 Å². The van der Waals surface area contributed by atoms with Crippen molar-refractivity contribution in [1.82, 2.24) is 4.98 Å². The second kappa shape index (κ2) is 4.95. The summed E-state index contributed by atoms with van der Waals surface area (Å²) in [7, 11) is 0. The number of hydrogen-bond acceptors (Lipinski definition) is 3. The van der Waals surface area contributed by atoms with Crippen LogP contribution in [-0.4, -0.2) is 4.98 Å². The summed E-state index contributed by atoms with van der Waals surface area (Å²) in [6.45, 7) is 0. The number of nitrogens with zero attached hydrogens (tertiary/aromatic N) is 1. The first-order valence-electron chi connectivity index (χ1n) is 5.24. The lowest BCUT2D eigenvalue weighted by Crippen LogP contribution is -2.08. The van der Waals surface area contributed by atoms with Gasteiger partial charge in [-0.15, -0.1) is 0 Å². The summed E-state index contributed by atoms with van der Waals surface area (Å²) < 4.78 is 69.2. The van der Waals surface area contributed by atoms with Crippen molar-refractivity contribution in [2.75, 3.05) is 5.73 Å². The predicted molar refractivity (Wildman–Crippen MR) is 60.1 cm³/mol. The number of alkyl halides is 3. The third kappa shape index (κ3) is 2.79. The monoisotopic (exact) mass is 290 g/mol. The summed E-state index contributed by atoms with van der Waals surface area (Å²) in [6.07, 6.45) is -4.68. The molecule has 1 aromatic carbocycles. The van der Waals surface area contributed by atoms with Crippen LogP contribution in [0.25, 0.3) is 0 Å². The highest BCUT2D eigenvalue weighted by molar-refractivity contribution is 5.40. The molecule has 106 valence electrons. The van der Waals surface area contributed by atoms with Gasteiger partial charge in [0, 0.05) is 6.07 Å². The third-order valence-electron chi connectivity index (χ3n) is 2.32.